The lowest BCUT2D eigenvalue weighted by Crippen LogP contribution is -1.91. The van der Waals surface area contributed by atoms with Gasteiger partial charge < -0.3 is 0 Å². The van der Waals surface area contributed by atoms with Crippen molar-refractivity contribution in [3.05, 3.63) is 342 Å². The van der Waals surface area contributed by atoms with Crippen molar-refractivity contribution in [3.8, 4) is 33.4 Å². The summed E-state index contributed by atoms with van der Waals surface area (Å²) >= 11 is 0. The molecule has 0 saturated heterocycles. The molecule has 0 atom stereocenters. The highest BCUT2D eigenvalue weighted by Gasteiger charge is 2.20. The highest BCUT2D eigenvalue weighted by Crippen LogP contribution is 2.46. The Bertz CT molecular complexity index is 4140. The Morgan fingerprint density at radius 2 is 0.557 bits per heavy atom. The maximum Gasteiger partial charge on any atom is -0.00264 e. The molecule has 0 bridgehead atoms. The molecule has 7 aliphatic carbocycles. The average Bonchev–Trinajstić information content (AvgIpc) is 4.34. The van der Waals surface area contributed by atoms with Crippen LogP contribution in [0.1, 0.15) is 44.5 Å². The molecule has 0 aromatic heterocycles. The molecular weight excluding hydrogens is 949 g/mol. The van der Waals surface area contributed by atoms with E-state index in [2.05, 4.69) is 291 Å². The van der Waals surface area contributed by atoms with Crippen LogP contribution in [0.5, 0.6) is 0 Å². The molecule has 0 amide bonds. The third kappa shape index (κ3) is 11.2. The minimum absolute atomic E-state index is 1.08. The summed E-state index contributed by atoms with van der Waals surface area (Å²) in [6, 6.07) is 97.9. The number of hydrogen-bond acceptors (Lipinski definition) is 0. The summed E-state index contributed by atoms with van der Waals surface area (Å²) in [5.74, 6) is 0. The minimum Gasteiger partial charge on any atom is -0.0795 e. The SMILES string of the molecule is C1=Cc2cccc3cccc(c23)C1.C1=Cc2cccc3cccc1c23.C1=Cc2ccccc2C1.C1=Cc2ccccc3ccc(c2-3)C1.c1ccc2c(c1)-c1cccc3cccc-2c13.c1ccc2ccccc2c1.c1ccccc1. The van der Waals surface area contributed by atoms with Crippen LogP contribution < -0.4 is 0 Å². The molecule has 11 aromatic carbocycles. The number of allylic oxidation sites excluding steroid dienone is 3. The fourth-order valence-corrected chi connectivity index (χ4v) is 11.4. The third-order valence-electron chi connectivity index (χ3n) is 15.2. The van der Waals surface area contributed by atoms with E-state index in [0.717, 1.165) is 19.3 Å². The van der Waals surface area contributed by atoms with Crippen molar-refractivity contribution in [2.75, 3.05) is 0 Å². The zero-order valence-corrected chi connectivity index (χ0v) is 44.3. The Hall–Kier alpha value is -9.88. The second-order valence-corrected chi connectivity index (χ2v) is 20.1. The second-order valence-electron chi connectivity index (χ2n) is 20.1. The van der Waals surface area contributed by atoms with Crippen molar-refractivity contribution < 1.29 is 0 Å². The normalized spacial score (nSPS) is 12.2. The van der Waals surface area contributed by atoms with E-state index in [0.29, 0.717) is 0 Å². The van der Waals surface area contributed by atoms with Gasteiger partial charge in [0.15, 0.2) is 0 Å². The van der Waals surface area contributed by atoms with E-state index in [1.54, 1.807) is 0 Å². The predicted octanol–water partition coefficient (Wildman–Crippen LogP) is 21.4. The van der Waals surface area contributed by atoms with Crippen molar-refractivity contribution in [2.24, 2.45) is 0 Å². The van der Waals surface area contributed by atoms with Crippen molar-refractivity contribution in [1.82, 2.24) is 0 Å². The molecule has 79 heavy (non-hydrogen) atoms. The first-order chi connectivity index (χ1) is 39.2. The Balaban J connectivity index is 0.0000000934. The van der Waals surface area contributed by atoms with E-state index in [1.807, 2.05) is 36.4 Å². The third-order valence-corrected chi connectivity index (χ3v) is 15.2. The number of rotatable bonds is 0. The smallest absolute Gasteiger partial charge is 0.00264 e. The van der Waals surface area contributed by atoms with E-state index in [9.17, 15) is 0 Å². The van der Waals surface area contributed by atoms with Crippen LogP contribution in [0.2, 0.25) is 0 Å². The summed E-state index contributed by atoms with van der Waals surface area (Å²) < 4.78 is 0. The quantitative estimate of drug-likeness (QED) is 0.142. The molecule has 0 N–H and O–H groups in total. The van der Waals surface area contributed by atoms with Crippen molar-refractivity contribution >= 4 is 73.5 Å². The molecule has 0 heterocycles. The highest BCUT2D eigenvalue weighted by molar-refractivity contribution is 6.15. The maximum atomic E-state index is 2.23. The van der Waals surface area contributed by atoms with Crippen LogP contribution in [0.15, 0.2) is 297 Å². The maximum absolute atomic E-state index is 2.23. The molecule has 0 spiro atoms. The topological polar surface area (TPSA) is 0 Å². The summed E-state index contributed by atoms with van der Waals surface area (Å²) in [5, 5.41) is 10.9. The van der Waals surface area contributed by atoms with E-state index in [-0.39, 0.29) is 0 Å². The van der Waals surface area contributed by atoms with Crippen LogP contribution >= 0.6 is 0 Å². The summed E-state index contributed by atoms with van der Waals surface area (Å²) in [6.07, 6.45) is 20.9. The van der Waals surface area contributed by atoms with Gasteiger partial charge in [-0.05, 0) is 140 Å². The van der Waals surface area contributed by atoms with Gasteiger partial charge >= 0.3 is 0 Å². The van der Waals surface area contributed by atoms with Gasteiger partial charge in [-0.15, -0.1) is 0 Å². The summed E-state index contributed by atoms with van der Waals surface area (Å²) in [4.78, 5) is 0. The van der Waals surface area contributed by atoms with E-state index in [4.69, 9.17) is 0 Å². The van der Waals surface area contributed by atoms with E-state index < -0.39 is 0 Å². The molecule has 0 saturated carbocycles. The van der Waals surface area contributed by atoms with Crippen LogP contribution in [0.25, 0.3) is 107 Å². The first-order valence-corrected chi connectivity index (χ1v) is 27.6. The number of hydrogen-bond donors (Lipinski definition) is 0. The largest absolute Gasteiger partial charge is 0.0795 e. The Kier molecular flexibility index (Phi) is 15.2. The van der Waals surface area contributed by atoms with E-state index >= 15 is 0 Å². The van der Waals surface area contributed by atoms with Crippen molar-refractivity contribution in [1.29, 1.82) is 0 Å². The second kappa shape index (κ2) is 24.0. The van der Waals surface area contributed by atoms with Crippen LogP contribution in [-0.4, -0.2) is 0 Å². The Morgan fingerprint density at radius 1 is 0.190 bits per heavy atom. The lowest BCUT2D eigenvalue weighted by atomic mass is 9.93. The van der Waals surface area contributed by atoms with Crippen LogP contribution in [0.3, 0.4) is 0 Å². The fourth-order valence-electron chi connectivity index (χ4n) is 11.4. The fraction of sp³-hybridized carbons (Fsp3) is 0.0380. The zero-order valence-electron chi connectivity index (χ0n) is 44.3. The number of fused-ring (bicyclic) bond motifs is 5. The van der Waals surface area contributed by atoms with Crippen molar-refractivity contribution in [2.45, 2.75) is 19.3 Å². The van der Waals surface area contributed by atoms with Gasteiger partial charge in [0.05, 0.1) is 0 Å². The average molecular weight is 1010 g/mol. The molecule has 0 heteroatoms. The van der Waals surface area contributed by atoms with Crippen molar-refractivity contribution in [3.63, 3.8) is 0 Å². The van der Waals surface area contributed by atoms with Crippen LogP contribution in [-0.2, 0) is 19.3 Å². The first-order valence-electron chi connectivity index (χ1n) is 27.6. The van der Waals surface area contributed by atoms with Gasteiger partial charge in [0.2, 0.25) is 0 Å². The molecule has 7 aliphatic rings. The van der Waals surface area contributed by atoms with Gasteiger partial charge in [-0.2, -0.15) is 0 Å². The van der Waals surface area contributed by atoms with Gasteiger partial charge in [-0.25, -0.2) is 0 Å². The standard InChI is InChI=1S/C16H10.2C13H10.C12H8.C10H8.C9H8.C6H6/c1-2-8-13-12(7-1)14-9-3-5-11-6-4-10-15(13)16(11)14;1-4-10-6-2-8-12-9-3-7-11(5-1)13(10)12;1-2-5-11-8-9-12-7-3-6-10(4-1)13(11)12;1-3-9-4-2-6-11-8-7-10(5-1)12(9)11;1-2-6-10-8-4-3-7-9(10)5-1;1-2-5-9-7-3-6-8(9)4-1;1-2-4-6-5-3-1/h1-10H;1-8H,9H2;1-6,8-9H,7H2;1-8H;1-8H;1-6H,7H2;1-6H. The number of benzene rings is 11. The van der Waals surface area contributed by atoms with Gasteiger partial charge in [-0.1, -0.05) is 328 Å². The lowest BCUT2D eigenvalue weighted by molar-refractivity contribution is 1.29. The summed E-state index contributed by atoms with van der Waals surface area (Å²) in [6.45, 7) is 0. The lowest BCUT2D eigenvalue weighted by Gasteiger charge is -2.11. The molecular formula is C79H60. The Labute approximate surface area is 465 Å². The van der Waals surface area contributed by atoms with Gasteiger partial charge in [0.25, 0.3) is 0 Å². The predicted molar refractivity (Wildman–Crippen MR) is 343 cm³/mol. The molecule has 18 rings (SSSR count). The monoisotopic (exact) mass is 1010 g/mol. The van der Waals surface area contributed by atoms with Gasteiger partial charge in [0.1, 0.15) is 0 Å². The van der Waals surface area contributed by atoms with Crippen LogP contribution in [0.4, 0.5) is 0 Å². The van der Waals surface area contributed by atoms with E-state index in [1.165, 1.54) is 121 Å². The summed E-state index contributed by atoms with van der Waals surface area (Å²) in [5.41, 5.74) is 19.5. The molecule has 376 valence electrons. The van der Waals surface area contributed by atoms with Crippen LogP contribution in [0, 0.1) is 0 Å². The minimum atomic E-state index is 1.08. The zero-order chi connectivity index (χ0) is 53.0. The Morgan fingerprint density at radius 3 is 1.14 bits per heavy atom. The molecule has 11 aromatic rings. The summed E-state index contributed by atoms with van der Waals surface area (Å²) in [7, 11) is 0. The molecule has 0 aliphatic heterocycles. The molecule has 0 radical (unpaired) electrons. The molecule has 0 nitrogen and oxygen atoms in total. The van der Waals surface area contributed by atoms with Gasteiger partial charge in [-0.3, -0.25) is 0 Å². The van der Waals surface area contributed by atoms with Gasteiger partial charge in [0, 0.05) is 0 Å². The molecule has 0 unspecified atom stereocenters. The molecule has 0 fully saturated rings. The highest BCUT2D eigenvalue weighted by atomic mass is 14.2. The first kappa shape index (κ1) is 50.0.